The van der Waals surface area contributed by atoms with Crippen LogP contribution in [0.15, 0.2) is 60.8 Å². The quantitative estimate of drug-likeness (QED) is 0.0199. The number of esters is 3. The molecule has 0 aliphatic rings. The second-order valence-corrected chi connectivity index (χ2v) is 17.4. The van der Waals surface area contributed by atoms with Gasteiger partial charge in [0, 0.05) is 19.3 Å². The van der Waals surface area contributed by atoms with Crippen LogP contribution in [-0.4, -0.2) is 37.2 Å². The Morgan fingerprint density at radius 3 is 1.16 bits per heavy atom. The van der Waals surface area contributed by atoms with Crippen molar-refractivity contribution in [2.24, 2.45) is 0 Å². The molecule has 0 aromatic carbocycles. The molecule has 358 valence electrons. The zero-order valence-corrected chi connectivity index (χ0v) is 40.9. The Balaban J connectivity index is 4.37. The molecule has 6 nitrogen and oxygen atoms in total. The lowest BCUT2D eigenvalue weighted by molar-refractivity contribution is -0.167. The van der Waals surface area contributed by atoms with Crippen LogP contribution in [0.5, 0.6) is 0 Å². The van der Waals surface area contributed by atoms with Gasteiger partial charge >= 0.3 is 17.9 Å². The molecule has 0 saturated carbocycles. The summed E-state index contributed by atoms with van der Waals surface area (Å²) in [7, 11) is 0. The first-order valence-corrected chi connectivity index (χ1v) is 26.3. The lowest BCUT2D eigenvalue weighted by Gasteiger charge is -2.18. The van der Waals surface area contributed by atoms with Gasteiger partial charge in [0.1, 0.15) is 13.2 Å². The molecular weight excluding hydrogens is 769 g/mol. The van der Waals surface area contributed by atoms with Crippen LogP contribution in [0, 0.1) is 0 Å². The molecule has 1 atom stereocenters. The first-order valence-electron chi connectivity index (χ1n) is 26.3. The van der Waals surface area contributed by atoms with E-state index in [0.717, 1.165) is 77.0 Å². The largest absolute Gasteiger partial charge is 0.462 e. The van der Waals surface area contributed by atoms with Gasteiger partial charge in [-0.25, -0.2) is 0 Å². The van der Waals surface area contributed by atoms with E-state index >= 15 is 0 Å². The fraction of sp³-hybridized carbons (Fsp3) is 0.768. The second kappa shape index (κ2) is 50.8. The van der Waals surface area contributed by atoms with Crippen LogP contribution in [-0.2, 0) is 28.6 Å². The number of ether oxygens (including phenoxy) is 3. The van der Waals surface area contributed by atoms with E-state index in [2.05, 4.69) is 81.5 Å². The minimum Gasteiger partial charge on any atom is -0.462 e. The molecule has 0 aliphatic heterocycles. The molecule has 0 amide bonds. The fourth-order valence-corrected chi connectivity index (χ4v) is 7.34. The van der Waals surface area contributed by atoms with Crippen molar-refractivity contribution in [1.82, 2.24) is 0 Å². The van der Waals surface area contributed by atoms with Crippen LogP contribution in [0.1, 0.15) is 258 Å². The van der Waals surface area contributed by atoms with Crippen LogP contribution in [0.25, 0.3) is 0 Å². The van der Waals surface area contributed by atoms with Crippen molar-refractivity contribution in [3.05, 3.63) is 60.8 Å². The van der Waals surface area contributed by atoms with E-state index < -0.39 is 6.10 Å². The molecule has 0 N–H and O–H groups in total. The van der Waals surface area contributed by atoms with Crippen molar-refractivity contribution < 1.29 is 28.6 Å². The van der Waals surface area contributed by atoms with E-state index in [4.69, 9.17) is 14.2 Å². The third-order valence-electron chi connectivity index (χ3n) is 11.3. The summed E-state index contributed by atoms with van der Waals surface area (Å²) in [6.07, 6.45) is 62.2. The van der Waals surface area contributed by atoms with Crippen LogP contribution in [0.4, 0.5) is 0 Å². The van der Waals surface area contributed by atoms with Gasteiger partial charge in [-0.05, 0) is 70.6 Å². The molecule has 0 aliphatic carbocycles. The molecular formula is C56H98O6. The minimum atomic E-state index is -0.797. The number of hydrogen-bond donors (Lipinski definition) is 0. The number of hydrogen-bond acceptors (Lipinski definition) is 6. The Morgan fingerprint density at radius 1 is 0.355 bits per heavy atom. The summed E-state index contributed by atoms with van der Waals surface area (Å²) in [6, 6.07) is 0. The van der Waals surface area contributed by atoms with Gasteiger partial charge < -0.3 is 14.2 Å². The molecule has 0 radical (unpaired) electrons. The maximum Gasteiger partial charge on any atom is 0.306 e. The SMILES string of the molecule is CC/C=C\C/C=C\C/C=C\CCCC(=O)OCC(COC(=O)CCCCCCCCCCCCCCCCCCCC)OC(=O)CCCCCCCC/C=C\C=C/CCCCC. The normalized spacial score (nSPS) is 12.5. The molecule has 0 bridgehead atoms. The Kier molecular flexibility index (Phi) is 48.4. The van der Waals surface area contributed by atoms with E-state index in [1.54, 1.807) is 0 Å². The average molecular weight is 867 g/mol. The fourth-order valence-electron chi connectivity index (χ4n) is 7.34. The van der Waals surface area contributed by atoms with Gasteiger partial charge in [0.15, 0.2) is 6.10 Å². The van der Waals surface area contributed by atoms with Gasteiger partial charge in [-0.1, -0.05) is 229 Å². The van der Waals surface area contributed by atoms with E-state index in [-0.39, 0.29) is 37.5 Å². The predicted molar refractivity (Wildman–Crippen MR) is 265 cm³/mol. The van der Waals surface area contributed by atoms with Crippen LogP contribution >= 0.6 is 0 Å². The number of unbranched alkanes of at least 4 members (excludes halogenated alkanes) is 27. The number of carbonyl (C=O) groups excluding carboxylic acids is 3. The summed E-state index contributed by atoms with van der Waals surface area (Å²) < 4.78 is 16.7. The highest BCUT2D eigenvalue weighted by Gasteiger charge is 2.19. The number of carbonyl (C=O) groups is 3. The van der Waals surface area contributed by atoms with E-state index in [1.807, 2.05) is 0 Å². The van der Waals surface area contributed by atoms with Crippen LogP contribution in [0.2, 0.25) is 0 Å². The standard InChI is InChI=1S/C56H98O6/c1-4-7-10-13-16-19-22-24-26-27-28-30-31-34-37-40-43-46-49-55(58)61-52-53(51-60-54(57)48-45-42-39-36-33-21-18-15-12-9-6-3)62-56(59)50-47-44-41-38-35-32-29-25-23-20-17-14-11-8-5-2/h9,12,17-18,20-21,23,25,36,39,53H,4-8,10-11,13-16,19,22,24,26-35,37-38,40-52H2,1-3H3/b12-9-,20-17-,21-18-,25-23-,39-36-. The average Bonchev–Trinajstić information content (AvgIpc) is 3.27. The monoisotopic (exact) mass is 867 g/mol. The molecule has 0 rings (SSSR count). The molecule has 0 fully saturated rings. The highest BCUT2D eigenvalue weighted by atomic mass is 16.6. The van der Waals surface area contributed by atoms with E-state index in [0.29, 0.717) is 19.3 Å². The summed E-state index contributed by atoms with van der Waals surface area (Å²) in [5.41, 5.74) is 0. The zero-order valence-electron chi connectivity index (χ0n) is 40.9. The molecule has 62 heavy (non-hydrogen) atoms. The number of rotatable bonds is 47. The van der Waals surface area contributed by atoms with Crippen molar-refractivity contribution in [3.63, 3.8) is 0 Å². The predicted octanol–water partition coefficient (Wildman–Crippen LogP) is 17.3. The third kappa shape index (κ3) is 48.1. The van der Waals surface area contributed by atoms with Gasteiger partial charge in [0.05, 0.1) is 0 Å². The van der Waals surface area contributed by atoms with Gasteiger partial charge in [0.25, 0.3) is 0 Å². The molecule has 0 saturated heterocycles. The molecule has 1 unspecified atom stereocenters. The highest BCUT2D eigenvalue weighted by molar-refractivity contribution is 5.71. The molecule has 6 heteroatoms. The first-order chi connectivity index (χ1) is 30.5. The third-order valence-corrected chi connectivity index (χ3v) is 11.3. The maximum atomic E-state index is 12.8. The van der Waals surface area contributed by atoms with Gasteiger partial charge in [0.2, 0.25) is 0 Å². The first kappa shape index (κ1) is 59.1. The van der Waals surface area contributed by atoms with Crippen molar-refractivity contribution in [3.8, 4) is 0 Å². The summed E-state index contributed by atoms with van der Waals surface area (Å²) in [6.45, 7) is 6.45. The summed E-state index contributed by atoms with van der Waals surface area (Å²) in [5.74, 6) is -0.956. The summed E-state index contributed by atoms with van der Waals surface area (Å²) in [5, 5.41) is 0. The molecule has 0 heterocycles. The highest BCUT2D eigenvalue weighted by Crippen LogP contribution is 2.16. The Morgan fingerprint density at radius 2 is 0.694 bits per heavy atom. The van der Waals surface area contributed by atoms with Gasteiger partial charge in [-0.2, -0.15) is 0 Å². The van der Waals surface area contributed by atoms with Crippen molar-refractivity contribution in [2.75, 3.05) is 13.2 Å². The lowest BCUT2D eigenvalue weighted by atomic mass is 10.0. The number of allylic oxidation sites excluding steroid dienone is 10. The van der Waals surface area contributed by atoms with Crippen molar-refractivity contribution >= 4 is 17.9 Å². The van der Waals surface area contributed by atoms with Gasteiger partial charge in [-0.15, -0.1) is 0 Å². The maximum absolute atomic E-state index is 12.8. The van der Waals surface area contributed by atoms with E-state index in [9.17, 15) is 14.4 Å². The van der Waals surface area contributed by atoms with Crippen LogP contribution in [0.3, 0.4) is 0 Å². The van der Waals surface area contributed by atoms with Crippen LogP contribution < -0.4 is 0 Å². The lowest BCUT2D eigenvalue weighted by Crippen LogP contribution is -2.30. The Labute approximate surface area is 383 Å². The topological polar surface area (TPSA) is 78.9 Å². The molecule has 0 aromatic heterocycles. The van der Waals surface area contributed by atoms with Crippen molar-refractivity contribution in [2.45, 2.75) is 264 Å². The summed E-state index contributed by atoms with van der Waals surface area (Å²) >= 11 is 0. The minimum absolute atomic E-state index is 0.0928. The summed E-state index contributed by atoms with van der Waals surface area (Å²) in [4.78, 5) is 37.9. The zero-order chi connectivity index (χ0) is 45.1. The Hall–Kier alpha value is -2.89. The molecule has 0 aromatic rings. The molecule has 0 spiro atoms. The Bertz CT molecular complexity index is 1130. The smallest absolute Gasteiger partial charge is 0.306 e. The van der Waals surface area contributed by atoms with Crippen molar-refractivity contribution in [1.29, 1.82) is 0 Å². The van der Waals surface area contributed by atoms with E-state index in [1.165, 1.54) is 135 Å². The second-order valence-electron chi connectivity index (χ2n) is 17.4. The van der Waals surface area contributed by atoms with Gasteiger partial charge in [-0.3, -0.25) is 14.4 Å².